The van der Waals surface area contributed by atoms with Gasteiger partial charge in [0.05, 0.1) is 13.2 Å². The van der Waals surface area contributed by atoms with E-state index in [1.54, 1.807) is 30.1 Å². The molecule has 33 heavy (non-hydrogen) atoms. The van der Waals surface area contributed by atoms with E-state index in [1.165, 1.54) is 11.6 Å². The normalized spacial score (nSPS) is 15.2. The van der Waals surface area contributed by atoms with Crippen LogP contribution in [-0.4, -0.2) is 45.3 Å². The summed E-state index contributed by atoms with van der Waals surface area (Å²) in [6.45, 7) is 1.12. The number of carbonyl (C=O) groups is 1. The van der Waals surface area contributed by atoms with Crippen LogP contribution in [0, 0.1) is 0 Å². The first-order valence-corrected chi connectivity index (χ1v) is 12.1. The van der Waals surface area contributed by atoms with E-state index in [2.05, 4.69) is 21.8 Å². The van der Waals surface area contributed by atoms with E-state index in [0.717, 1.165) is 35.5 Å². The van der Waals surface area contributed by atoms with Crippen molar-refractivity contribution in [1.82, 2.24) is 10.2 Å². The summed E-state index contributed by atoms with van der Waals surface area (Å²) in [5, 5.41) is 2.89. The SMILES string of the molecule is CN(CC(=O)NCc1ccc(-c2ccc3c(c2)CCO3)cc1)C1=NS(=O)(=O)c2ccccc21. The van der Waals surface area contributed by atoms with Crippen molar-refractivity contribution in [2.75, 3.05) is 20.2 Å². The standard InChI is InChI=1S/C25H23N3O4S/c1-28(25-21-4-2-3-5-23(21)33(30,31)27-25)16-24(29)26-15-17-6-8-18(9-7-17)19-10-11-22-20(14-19)12-13-32-22/h2-11,14H,12-13,15-16H2,1H3,(H,26,29). The molecule has 0 atom stereocenters. The zero-order chi connectivity index (χ0) is 23.0. The van der Waals surface area contributed by atoms with Gasteiger partial charge in [0.1, 0.15) is 10.6 Å². The predicted molar refractivity (Wildman–Crippen MR) is 126 cm³/mol. The highest BCUT2D eigenvalue weighted by atomic mass is 32.2. The van der Waals surface area contributed by atoms with Crippen molar-refractivity contribution < 1.29 is 17.9 Å². The molecule has 0 saturated heterocycles. The molecule has 1 amide bonds. The molecule has 5 rings (SSSR count). The number of nitrogens with one attached hydrogen (secondary N) is 1. The number of nitrogens with zero attached hydrogens (tertiary/aromatic N) is 2. The third-order valence-corrected chi connectivity index (χ3v) is 7.15. The molecule has 0 unspecified atom stereocenters. The van der Waals surface area contributed by atoms with Crippen LogP contribution in [0.4, 0.5) is 0 Å². The molecule has 0 bridgehead atoms. The molecule has 1 N–H and O–H groups in total. The number of hydrogen-bond acceptors (Lipinski definition) is 5. The lowest BCUT2D eigenvalue weighted by molar-refractivity contribution is -0.121. The zero-order valence-corrected chi connectivity index (χ0v) is 18.9. The van der Waals surface area contributed by atoms with Gasteiger partial charge >= 0.3 is 0 Å². The number of hydrogen-bond donors (Lipinski definition) is 1. The highest BCUT2D eigenvalue weighted by molar-refractivity contribution is 7.90. The van der Waals surface area contributed by atoms with Gasteiger partial charge in [-0.3, -0.25) is 4.79 Å². The molecule has 2 aliphatic heterocycles. The molecule has 0 spiro atoms. The van der Waals surface area contributed by atoms with E-state index in [4.69, 9.17) is 4.74 Å². The van der Waals surface area contributed by atoms with Gasteiger partial charge in [-0.05, 0) is 46.5 Å². The number of sulfonamides is 1. The molecule has 3 aromatic carbocycles. The zero-order valence-electron chi connectivity index (χ0n) is 18.1. The van der Waals surface area contributed by atoms with Gasteiger partial charge in [-0.1, -0.05) is 42.5 Å². The second-order valence-corrected chi connectivity index (χ2v) is 9.71. The number of benzene rings is 3. The number of fused-ring (bicyclic) bond motifs is 2. The van der Waals surface area contributed by atoms with Crippen molar-refractivity contribution in [2.45, 2.75) is 17.9 Å². The van der Waals surface area contributed by atoms with Crippen LogP contribution < -0.4 is 10.1 Å². The highest BCUT2D eigenvalue weighted by Gasteiger charge is 2.30. The third-order valence-electron chi connectivity index (χ3n) is 5.82. The molecule has 168 valence electrons. The number of ether oxygens (including phenoxy) is 1. The van der Waals surface area contributed by atoms with Crippen LogP contribution in [0.2, 0.25) is 0 Å². The van der Waals surface area contributed by atoms with Crippen molar-refractivity contribution in [3.63, 3.8) is 0 Å². The Morgan fingerprint density at radius 2 is 1.82 bits per heavy atom. The lowest BCUT2D eigenvalue weighted by Gasteiger charge is -2.18. The molecule has 0 fully saturated rings. The van der Waals surface area contributed by atoms with E-state index >= 15 is 0 Å². The lowest BCUT2D eigenvalue weighted by atomic mass is 10.0. The van der Waals surface area contributed by atoms with Crippen LogP contribution in [0.1, 0.15) is 16.7 Å². The van der Waals surface area contributed by atoms with Crippen LogP contribution in [0.5, 0.6) is 5.75 Å². The predicted octanol–water partition coefficient (Wildman–Crippen LogP) is 2.99. The average Bonchev–Trinajstić information content (AvgIpc) is 3.40. The van der Waals surface area contributed by atoms with Crippen molar-refractivity contribution in [2.24, 2.45) is 4.40 Å². The lowest BCUT2D eigenvalue weighted by Crippen LogP contribution is -2.38. The Morgan fingerprint density at radius 3 is 2.64 bits per heavy atom. The maximum atomic E-state index is 12.5. The Labute approximate surface area is 192 Å². The fraction of sp³-hybridized carbons (Fsp3) is 0.200. The van der Waals surface area contributed by atoms with Crippen LogP contribution >= 0.6 is 0 Å². The summed E-state index contributed by atoms with van der Waals surface area (Å²) in [7, 11) is -2.05. The average molecular weight is 462 g/mol. The summed E-state index contributed by atoms with van der Waals surface area (Å²) < 4.78 is 33.9. The summed E-state index contributed by atoms with van der Waals surface area (Å²) in [6.07, 6.45) is 0.936. The minimum Gasteiger partial charge on any atom is -0.493 e. The van der Waals surface area contributed by atoms with Crippen LogP contribution in [0.3, 0.4) is 0 Å². The van der Waals surface area contributed by atoms with Gasteiger partial charge < -0.3 is 15.0 Å². The fourth-order valence-corrected chi connectivity index (χ4v) is 5.34. The Morgan fingerprint density at radius 1 is 1.06 bits per heavy atom. The quantitative estimate of drug-likeness (QED) is 0.631. The first-order chi connectivity index (χ1) is 15.9. The Kier molecular flexibility index (Phi) is 5.38. The smallest absolute Gasteiger partial charge is 0.285 e. The van der Waals surface area contributed by atoms with Crippen LogP contribution in [0.15, 0.2) is 76.0 Å². The Bertz CT molecular complexity index is 1360. The van der Waals surface area contributed by atoms with Gasteiger partial charge in [0.25, 0.3) is 10.0 Å². The van der Waals surface area contributed by atoms with Gasteiger partial charge in [0.2, 0.25) is 5.91 Å². The van der Waals surface area contributed by atoms with Gasteiger partial charge in [-0.15, -0.1) is 4.40 Å². The number of likely N-dealkylation sites (N-methyl/N-ethyl adjacent to an activating group) is 1. The van der Waals surface area contributed by atoms with Crippen molar-refractivity contribution in [3.8, 4) is 16.9 Å². The van der Waals surface area contributed by atoms with Crippen LogP contribution in [0.25, 0.3) is 11.1 Å². The summed E-state index contributed by atoms with van der Waals surface area (Å²) in [4.78, 5) is 14.2. The molecule has 2 heterocycles. The molecule has 3 aromatic rings. The monoisotopic (exact) mass is 461 g/mol. The van der Waals surface area contributed by atoms with E-state index < -0.39 is 10.0 Å². The summed E-state index contributed by atoms with van der Waals surface area (Å²) >= 11 is 0. The summed E-state index contributed by atoms with van der Waals surface area (Å²) in [5.74, 6) is 1.03. The molecule has 7 nitrogen and oxygen atoms in total. The Balaban J connectivity index is 1.19. The van der Waals surface area contributed by atoms with E-state index in [9.17, 15) is 13.2 Å². The molecular weight excluding hydrogens is 438 g/mol. The number of rotatable bonds is 5. The Hall–Kier alpha value is -3.65. The number of amides is 1. The first-order valence-electron chi connectivity index (χ1n) is 10.7. The van der Waals surface area contributed by atoms with Crippen LogP contribution in [-0.2, 0) is 27.8 Å². The van der Waals surface area contributed by atoms with E-state index in [0.29, 0.717) is 12.1 Å². The van der Waals surface area contributed by atoms with Crippen molar-refractivity contribution in [1.29, 1.82) is 0 Å². The number of carbonyl (C=O) groups excluding carboxylic acids is 1. The third kappa shape index (κ3) is 4.21. The van der Waals surface area contributed by atoms with Gasteiger partial charge in [0, 0.05) is 25.6 Å². The molecule has 0 aromatic heterocycles. The summed E-state index contributed by atoms with van der Waals surface area (Å²) in [5.41, 5.74) is 4.98. The summed E-state index contributed by atoms with van der Waals surface area (Å²) in [6, 6.07) is 20.9. The second kappa shape index (κ2) is 8.37. The molecule has 2 aliphatic rings. The molecule has 0 aliphatic carbocycles. The molecule has 0 radical (unpaired) electrons. The van der Waals surface area contributed by atoms with Crippen molar-refractivity contribution >= 4 is 21.8 Å². The maximum Gasteiger partial charge on any atom is 0.285 e. The van der Waals surface area contributed by atoms with E-state index in [-0.39, 0.29) is 23.2 Å². The van der Waals surface area contributed by atoms with Gasteiger partial charge in [0.15, 0.2) is 5.84 Å². The van der Waals surface area contributed by atoms with E-state index in [1.807, 2.05) is 30.3 Å². The topological polar surface area (TPSA) is 88.1 Å². The highest BCUT2D eigenvalue weighted by Crippen LogP contribution is 2.30. The second-order valence-electron chi connectivity index (χ2n) is 8.14. The molecular formula is C25H23N3O4S. The fourth-order valence-electron chi connectivity index (χ4n) is 4.09. The first kappa shape index (κ1) is 21.2. The molecule has 8 heteroatoms. The maximum absolute atomic E-state index is 12.5. The minimum absolute atomic E-state index is 0.00202. The van der Waals surface area contributed by atoms with Crippen molar-refractivity contribution in [3.05, 3.63) is 83.4 Å². The van der Waals surface area contributed by atoms with Gasteiger partial charge in [-0.25, -0.2) is 0 Å². The number of amidine groups is 1. The van der Waals surface area contributed by atoms with Gasteiger partial charge in [-0.2, -0.15) is 8.42 Å². The molecule has 0 saturated carbocycles. The minimum atomic E-state index is -3.71. The largest absolute Gasteiger partial charge is 0.493 e.